The molecule has 23 heavy (non-hydrogen) atoms. The molecule has 2 aromatic rings. The highest BCUT2D eigenvalue weighted by Gasteiger charge is 2.22. The molecule has 1 saturated carbocycles. The summed E-state index contributed by atoms with van der Waals surface area (Å²) in [5.74, 6) is 2.19. The van der Waals surface area contributed by atoms with Crippen molar-refractivity contribution in [3.63, 3.8) is 0 Å². The molecule has 1 heterocycles. The highest BCUT2D eigenvalue weighted by atomic mass is 16.5. The van der Waals surface area contributed by atoms with Crippen molar-refractivity contribution in [2.45, 2.75) is 25.7 Å². The van der Waals surface area contributed by atoms with Crippen molar-refractivity contribution in [3.8, 4) is 5.75 Å². The molecule has 0 atom stereocenters. The van der Waals surface area contributed by atoms with Crippen LogP contribution in [-0.4, -0.2) is 24.0 Å². The highest BCUT2D eigenvalue weighted by molar-refractivity contribution is 5.93. The number of hydrogen-bond acceptors (Lipinski definition) is 2. The van der Waals surface area contributed by atoms with Crippen LogP contribution in [0.5, 0.6) is 5.75 Å². The summed E-state index contributed by atoms with van der Waals surface area (Å²) in [6.45, 7) is 1.57. The number of para-hydroxylation sites is 1. The maximum Gasteiger partial charge on any atom is 0.252 e. The van der Waals surface area contributed by atoms with Crippen LogP contribution in [-0.2, 0) is 0 Å². The Morgan fingerprint density at radius 3 is 2.52 bits per heavy atom. The van der Waals surface area contributed by atoms with Crippen LogP contribution in [0.3, 0.4) is 0 Å². The Kier molecular flexibility index (Phi) is 5.35. The Hall–Kier alpha value is -2.23. The Balaban J connectivity index is 1.34. The van der Waals surface area contributed by atoms with Gasteiger partial charge in [-0.15, -0.1) is 0 Å². The van der Waals surface area contributed by atoms with Crippen molar-refractivity contribution in [3.05, 3.63) is 54.4 Å². The molecule has 1 aliphatic rings. The van der Waals surface area contributed by atoms with E-state index in [0.29, 0.717) is 17.4 Å². The van der Waals surface area contributed by atoms with Crippen LogP contribution in [0.15, 0.2) is 48.8 Å². The number of H-pyrrole nitrogens is 1. The fraction of sp³-hybridized carbons (Fsp3) is 0.421. The van der Waals surface area contributed by atoms with E-state index in [9.17, 15) is 4.79 Å². The summed E-state index contributed by atoms with van der Waals surface area (Å²) in [5.41, 5.74) is 0.704. The van der Waals surface area contributed by atoms with E-state index < -0.39 is 0 Å². The second-order valence-corrected chi connectivity index (χ2v) is 6.32. The van der Waals surface area contributed by atoms with Gasteiger partial charge in [0.25, 0.3) is 5.91 Å². The van der Waals surface area contributed by atoms with Crippen molar-refractivity contribution in [1.82, 2.24) is 10.3 Å². The minimum atomic E-state index is 0.0146. The lowest BCUT2D eigenvalue weighted by Gasteiger charge is -2.28. The zero-order valence-corrected chi connectivity index (χ0v) is 13.3. The number of carbonyl (C=O) groups is 1. The molecule has 0 unspecified atom stereocenters. The molecule has 1 fully saturated rings. The van der Waals surface area contributed by atoms with Crippen molar-refractivity contribution >= 4 is 5.91 Å². The molecule has 0 bridgehead atoms. The van der Waals surface area contributed by atoms with Gasteiger partial charge >= 0.3 is 0 Å². The van der Waals surface area contributed by atoms with Gasteiger partial charge in [0.15, 0.2) is 0 Å². The van der Waals surface area contributed by atoms with Gasteiger partial charge in [-0.3, -0.25) is 4.79 Å². The Bertz CT molecular complexity index is 587. The first-order valence-corrected chi connectivity index (χ1v) is 8.40. The summed E-state index contributed by atoms with van der Waals surface area (Å²) in [4.78, 5) is 14.8. The third kappa shape index (κ3) is 4.62. The van der Waals surface area contributed by atoms with E-state index in [1.165, 1.54) is 12.8 Å². The van der Waals surface area contributed by atoms with Crippen LogP contribution in [0.1, 0.15) is 36.0 Å². The Morgan fingerprint density at radius 2 is 1.83 bits per heavy atom. The van der Waals surface area contributed by atoms with Crippen LogP contribution in [0, 0.1) is 11.8 Å². The topological polar surface area (TPSA) is 54.1 Å². The fourth-order valence-electron chi connectivity index (χ4n) is 3.14. The molecule has 1 aromatic carbocycles. The number of aromatic nitrogens is 1. The first-order valence-electron chi connectivity index (χ1n) is 8.40. The number of carbonyl (C=O) groups excluding carboxylic acids is 1. The summed E-state index contributed by atoms with van der Waals surface area (Å²) >= 11 is 0. The monoisotopic (exact) mass is 312 g/mol. The number of hydrogen-bond donors (Lipinski definition) is 2. The van der Waals surface area contributed by atoms with E-state index in [1.807, 2.05) is 30.3 Å². The van der Waals surface area contributed by atoms with E-state index in [2.05, 4.69) is 10.3 Å². The van der Waals surface area contributed by atoms with E-state index in [4.69, 9.17) is 4.74 Å². The molecule has 4 heteroatoms. The third-order valence-electron chi connectivity index (χ3n) is 4.61. The van der Waals surface area contributed by atoms with Crippen molar-refractivity contribution < 1.29 is 9.53 Å². The van der Waals surface area contributed by atoms with Gasteiger partial charge in [-0.25, -0.2) is 0 Å². The second kappa shape index (κ2) is 7.86. The molecular weight excluding hydrogens is 288 g/mol. The first kappa shape index (κ1) is 15.7. The lowest BCUT2D eigenvalue weighted by molar-refractivity contribution is 0.0938. The largest absolute Gasteiger partial charge is 0.493 e. The van der Waals surface area contributed by atoms with Crippen LogP contribution < -0.4 is 10.1 Å². The van der Waals surface area contributed by atoms with Gasteiger partial charge in [0.1, 0.15) is 5.75 Å². The predicted molar refractivity (Wildman–Crippen MR) is 90.5 cm³/mol. The van der Waals surface area contributed by atoms with Gasteiger partial charge in [0.05, 0.1) is 12.2 Å². The van der Waals surface area contributed by atoms with Crippen LogP contribution in [0.25, 0.3) is 0 Å². The third-order valence-corrected chi connectivity index (χ3v) is 4.61. The smallest absolute Gasteiger partial charge is 0.252 e. The van der Waals surface area contributed by atoms with Crippen molar-refractivity contribution in [2.75, 3.05) is 13.2 Å². The lowest BCUT2D eigenvalue weighted by Crippen LogP contribution is -2.31. The number of amides is 1. The molecular formula is C19H24N2O2. The van der Waals surface area contributed by atoms with Gasteiger partial charge in [-0.05, 0) is 55.7 Å². The number of nitrogens with one attached hydrogen (secondary N) is 2. The minimum absolute atomic E-state index is 0.0146. The molecule has 0 spiro atoms. The van der Waals surface area contributed by atoms with E-state index in [-0.39, 0.29) is 5.91 Å². The average Bonchev–Trinajstić information content (AvgIpc) is 3.14. The maximum absolute atomic E-state index is 11.9. The zero-order valence-electron chi connectivity index (χ0n) is 13.3. The summed E-state index contributed by atoms with van der Waals surface area (Å²) in [7, 11) is 0. The van der Waals surface area contributed by atoms with E-state index in [1.54, 1.807) is 18.5 Å². The van der Waals surface area contributed by atoms with Crippen molar-refractivity contribution in [2.24, 2.45) is 11.8 Å². The quantitative estimate of drug-likeness (QED) is 0.856. The Labute approximate surface area is 137 Å². The molecule has 1 aliphatic carbocycles. The molecule has 0 aliphatic heterocycles. The summed E-state index contributed by atoms with van der Waals surface area (Å²) in [6.07, 6.45) is 8.18. The maximum atomic E-state index is 11.9. The van der Waals surface area contributed by atoms with E-state index in [0.717, 1.165) is 31.7 Å². The number of aromatic amines is 1. The standard InChI is InChI=1S/C19H24N2O2/c22-19(17-10-11-20-13-17)21-12-15-6-8-16(9-7-15)14-23-18-4-2-1-3-5-18/h1-5,10-11,13,15-16,20H,6-9,12,14H2,(H,21,22). The Morgan fingerprint density at radius 1 is 1.09 bits per heavy atom. The van der Waals surface area contributed by atoms with Crippen LogP contribution >= 0.6 is 0 Å². The number of ether oxygens (including phenoxy) is 1. The van der Waals surface area contributed by atoms with Gasteiger partial charge in [0.2, 0.25) is 0 Å². The van der Waals surface area contributed by atoms with Gasteiger partial charge < -0.3 is 15.0 Å². The normalized spacial score (nSPS) is 20.9. The first-order chi connectivity index (χ1) is 11.3. The van der Waals surface area contributed by atoms with Gasteiger partial charge in [0, 0.05) is 18.9 Å². The molecule has 4 nitrogen and oxygen atoms in total. The molecule has 0 saturated heterocycles. The second-order valence-electron chi connectivity index (χ2n) is 6.32. The lowest BCUT2D eigenvalue weighted by atomic mass is 9.82. The minimum Gasteiger partial charge on any atom is -0.493 e. The summed E-state index contributed by atoms with van der Waals surface area (Å²) in [5, 5.41) is 3.04. The van der Waals surface area contributed by atoms with Gasteiger partial charge in [-0.1, -0.05) is 18.2 Å². The number of benzene rings is 1. The zero-order chi connectivity index (χ0) is 15.9. The molecule has 122 valence electrons. The summed E-state index contributed by atoms with van der Waals surface area (Å²) < 4.78 is 5.85. The highest BCUT2D eigenvalue weighted by Crippen LogP contribution is 2.29. The van der Waals surface area contributed by atoms with Gasteiger partial charge in [-0.2, -0.15) is 0 Å². The molecule has 1 amide bonds. The van der Waals surface area contributed by atoms with E-state index >= 15 is 0 Å². The van der Waals surface area contributed by atoms with Crippen LogP contribution in [0.4, 0.5) is 0 Å². The number of rotatable bonds is 6. The molecule has 0 radical (unpaired) electrons. The SMILES string of the molecule is O=C(NCC1CCC(COc2ccccc2)CC1)c1cc[nH]c1. The molecule has 3 rings (SSSR count). The predicted octanol–water partition coefficient (Wildman–Crippen LogP) is 3.63. The average molecular weight is 312 g/mol. The fourth-order valence-corrected chi connectivity index (χ4v) is 3.14. The molecule has 2 N–H and O–H groups in total. The van der Waals surface area contributed by atoms with Crippen LogP contribution in [0.2, 0.25) is 0 Å². The summed E-state index contributed by atoms with van der Waals surface area (Å²) in [6, 6.07) is 11.8. The molecule has 1 aromatic heterocycles. The van der Waals surface area contributed by atoms with Crippen molar-refractivity contribution in [1.29, 1.82) is 0 Å².